The third kappa shape index (κ3) is 2.54. The number of carbonyl (C=O) groups is 1. The Bertz CT molecular complexity index is 619. The molecule has 0 bridgehead atoms. The molecule has 2 aromatic heterocycles. The maximum atomic E-state index is 12.7. The zero-order chi connectivity index (χ0) is 14.7. The Labute approximate surface area is 118 Å². The van der Waals surface area contributed by atoms with Crippen molar-refractivity contribution in [3.05, 3.63) is 35.3 Å². The molecule has 0 radical (unpaired) electrons. The summed E-state index contributed by atoms with van der Waals surface area (Å²) in [4.78, 5) is 18.8. The van der Waals surface area contributed by atoms with Gasteiger partial charge >= 0.3 is 0 Å². The average molecular weight is 275 g/mol. The number of nitrogens with zero attached hydrogens (tertiary/aromatic N) is 3. The first-order chi connectivity index (χ1) is 9.62. The molecule has 1 N–H and O–H groups in total. The van der Waals surface area contributed by atoms with E-state index >= 15 is 0 Å². The number of hydrogen-bond donors (Lipinski definition) is 1. The first kappa shape index (κ1) is 14.5. The number of amides is 1. The van der Waals surface area contributed by atoms with Gasteiger partial charge in [0, 0.05) is 19.3 Å². The molecule has 2 heterocycles. The van der Waals surface area contributed by atoms with Crippen LogP contribution in [-0.4, -0.2) is 45.0 Å². The van der Waals surface area contributed by atoms with Crippen LogP contribution in [-0.2, 0) is 6.42 Å². The summed E-state index contributed by atoms with van der Waals surface area (Å²) in [5.74, 6) is -0.0743. The molecule has 0 aromatic carbocycles. The summed E-state index contributed by atoms with van der Waals surface area (Å²) in [6, 6.07) is 3.94. The van der Waals surface area contributed by atoms with Gasteiger partial charge < -0.3 is 10.0 Å². The fraction of sp³-hybridized carbons (Fsp3) is 0.467. The maximum absolute atomic E-state index is 12.7. The molecular formula is C15H21N3O2. The lowest BCUT2D eigenvalue weighted by atomic mass is 10.2. The van der Waals surface area contributed by atoms with Crippen molar-refractivity contribution in [2.75, 3.05) is 19.7 Å². The van der Waals surface area contributed by atoms with Crippen LogP contribution in [0.2, 0.25) is 0 Å². The lowest BCUT2D eigenvalue weighted by molar-refractivity contribution is 0.0724. The molecule has 0 atom stereocenters. The van der Waals surface area contributed by atoms with Gasteiger partial charge in [-0.05, 0) is 38.0 Å². The zero-order valence-corrected chi connectivity index (χ0v) is 12.3. The van der Waals surface area contributed by atoms with Crippen LogP contribution in [0.25, 0.3) is 5.65 Å². The van der Waals surface area contributed by atoms with Gasteiger partial charge in [-0.15, -0.1) is 0 Å². The van der Waals surface area contributed by atoms with Gasteiger partial charge in [-0.25, -0.2) is 4.98 Å². The Morgan fingerprint density at radius 3 is 2.80 bits per heavy atom. The standard InChI is InChI=1S/C15H21N3O2/c1-4-12-14(15(20)17(5-2)8-9-19)18-7-6-11(3)10-13(18)16-12/h6-7,10,19H,4-5,8-9H2,1-3H3. The molecule has 108 valence electrons. The normalized spacial score (nSPS) is 11.0. The van der Waals surface area contributed by atoms with E-state index in [0.717, 1.165) is 16.9 Å². The molecule has 0 saturated heterocycles. The number of aliphatic hydroxyl groups is 1. The Balaban J connectivity index is 2.54. The van der Waals surface area contributed by atoms with Crippen molar-refractivity contribution in [2.45, 2.75) is 27.2 Å². The molecule has 5 heteroatoms. The Morgan fingerprint density at radius 1 is 1.45 bits per heavy atom. The van der Waals surface area contributed by atoms with Crippen molar-refractivity contribution in [1.82, 2.24) is 14.3 Å². The van der Waals surface area contributed by atoms with Crippen molar-refractivity contribution in [3.8, 4) is 0 Å². The summed E-state index contributed by atoms with van der Waals surface area (Å²) in [5.41, 5.74) is 3.33. The summed E-state index contributed by atoms with van der Waals surface area (Å²) in [6.07, 6.45) is 2.59. The summed E-state index contributed by atoms with van der Waals surface area (Å²) in [7, 11) is 0. The van der Waals surface area contributed by atoms with Gasteiger partial charge in [0.15, 0.2) is 0 Å². The molecular weight excluding hydrogens is 254 g/mol. The van der Waals surface area contributed by atoms with Gasteiger partial charge in [-0.3, -0.25) is 9.20 Å². The molecule has 0 aliphatic carbocycles. The highest BCUT2D eigenvalue weighted by atomic mass is 16.3. The highest BCUT2D eigenvalue weighted by molar-refractivity contribution is 5.94. The summed E-state index contributed by atoms with van der Waals surface area (Å²) < 4.78 is 1.84. The van der Waals surface area contributed by atoms with Crippen LogP contribution in [0.3, 0.4) is 0 Å². The highest BCUT2D eigenvalue weighted by Gasteiger charge is 2.22. The van der Waals surface area contributed by atoms with E-state index < -0.39 is 0 Å². The van der Waals surface area contributed by atoms with E-state index in [-0.39, 0.29) is 12.5 Å². The predicted molar refractivity (Wildman–Crippen MR) is 78.0 cm³/mol. The van der Waals surface area contributed by atoms with Gasteiger partial charge in [0.05, 0.1) is 12.3 Å². The molecule has 0 unspecified atom stereocenters. The predicted octanol–water partition coefficient (Wildman–Crippen LogP) is 1.66. The highest BCUT2D eigenvalue weighted by Crippen LogP contribution is 2.17. The lowest BCUT2D eigenvalue weighted by Crippen LogP contribution is -2.34. The van der Waals surface area contributed by atoms with E-state index in [1.54, 1.807) is 4.90 Å². The second-order valence-corrected chi connectivity index (χ2v) is 4.80. The number of aryl methyl sites for hydroxylation is 2. The molecule has 0 fully saturated rings. The number of aromatic nitrogens is 2. The van der Waals surface area contributed by atoms with E-state index in [0.29, 0.717) is 25.2 Å². The van der Waals surface area contributed by atoms with Crippen LogP contribution in [0.5, 0.6) is 0 Å². The van der Waals surface area contributed by atoms with Crippen LogP contribution in [0, 0.1) is 6.92 Å². The summed E-state index contributed by atoms with van der Waals surface area (Å²) in [5, 5.41) is 9.07. The molecule has 2 aromatic rings. The van der Waals surface area contributed by atoms with Crippen molar-refractivity contribution in [2.24, 2.45) is 0 Å². The van der Waals surface area contributed by atoms with E-state index in [2.05, 4.69) is 4.98 Å². The molecule has 20 heavy (non-hydrogen) atoms. The number of aliphatic hydroxyl groups excluding tert-OH is 1. The smallest absolute Gasteiger partial charge is 0.272 e. The number of pyridine rings is 1. The minimum Gasteiger partial charge on any atom is -0.395 e. The van der Waals surface area contributed by atoms with Gasteiger partial charge in [0.2, 0.25) is 0 Å². The fourth-order valence-electron chi connectivity index (χ4n) is 2.34. The SMILES string of the molecule is CCc1nc2cc(C)ccn2c1C(=O)N(CC)CCO. The van der Waals surface area contributed by atoms with E-state index in [4.69, 9.17) is 5.11 Å². The second kappa shape index (κ2) is 6.05. The van der Waals surface area contributed by atoms with E-state index in [9.17, 15) is 4.79 Å². The topological polar surface area (TPSA) is 57.8 Å². The fourth-order valence-corrected chi connectivity index (χ4v) is 2.34. The second-order valence-electron chi connectivity index (χ2n) is 4.80. The summed E-state index contributed by atoms with van der Waals surface area (Å²) >= 11 is 0. The monoisotopic (exact) mass is 275 g/mol. The number of hydrogen-bond acceptors (Lipinski definition) is 3. The van der Waals surface area contributed by atoms with E-state index in [1.807, 2.05) is 43.5 Å². The quantitative estimate of drug-likeness (QED) is 0.903. The summed E-state index contributed by atoms with van der Waals surface area (Å²) in [6.45, 7) is 6.79. The van der Waals surface area contributed by atoms with Crippen LogP contribution < -0.4 is 0 Å². The maximum Gasteiger partial charge on any atom is 0.272 e. The third-order valence-corrected chi connectivity index (χ3v) is 3.43. The Morgan fingerprint density at radius 2 is 2.20 bits per heavy atom. The molecule has 0 aliphatic heterocycles. The molecule has 0 aliphatic rings. The Hall–Kier alpha value is -1.88. The number of carbonyl (C=O) groups excluding carboxylic acids is 1. The molecule has 0 saturated carbocycles. The third-order valence-electron chi connectivity index (χ3n) is 3.43. The first-order valence-corrected chi connectivity index (χ1v) is 7.00. The molecule has 1 amide bonds. The van der Waals surface area contributed by atoms with Crippen LogP contribution in [0.15, 0.2) is 18.3 Å². The van der Waals surface area contributed by atoms with Crippen LogP contribution in [0.4, 0.5) is 0 Å². The van der Waals surface area contributed by atoms with Gasteiger partial charge in [-0.2, -0.15) is 0 Å². The number of imidazole rings is 1. The van der Waals surface area contributed by atoms with E-state index in [1.165, 1.54) is 0 Å². The number of fused-ring (bicyclic) bond motifs is 1. The van der Waals surface area contributed by atoms with Gasteiger partial charge in [0.1, 0.15) is 11.3 Å². The molecule has 5 nitrogen and oxygen atoms in total. The average Bonchev–Trinajstić information content (AvgIpc) is 2.81. The molecule has 0 spiro atoms. The largest absolute Gasteiger partial charge is 0.395 e. The van der Waals surface area contributed by atoms with Crippen molar-refractivity contribution in [3.63, 3.8) is 0 Å². The number of rotatable bonds is 5. The lowest BCUT2D eigenvalue weighted by Gasteiger charge is -2.19. The van der Waals surface area contributed by atoms with Crippen LogP contribution >= 0.6 is 0 Å². The van der Waals surface area contributed by atoms with Crippen molar-refractivity contribution in [1.29, 1.82) is 0 Å². The minimum atomic E-state index is -0.0743. The van der Waals surface area contributed by atoms with Gasteiger partial charge in [-0.1, -0.05) is 6.92 Å². The Kier molecular flexibility index (Phi) is 4.39. The first-order valence-electron chi connectivity index (χ1n) is 7.00. The molecule has 2 rings (SSSR count). The van der Waals surface area contributed by atoms with Crippen molar-refractivity contribution < 1.29 is 9.90 Å². The number of likely N-dealkylation sites (N-methyl/N-ethyl adjacent to an activating group) is 1. The van der Waals surface area contributed by atoms with Crippen molar-refractivity contribution >= 4 is 11.6 Å². The zero-order valence-electron chi connectivity index (χ0n) is 12.3. The van der Waals surface area contributed by atoms with Crippen LogP contribution in [0.1, 0.15) is 35.6 Å². The van der Waals surface area contributed by atoms with Gasteiger partial charge in [0.25, 0.3) is 5.91 Å². The minimum absolute atomic E-state index is 0.0309.